The first kappa shape index (κ1) is 35.8. The SMILES string of the molecule is c1ccc(-c2cccc(-c3ccccc3-c3ccc4c(c3)c3ccccc3c3c5ccc(-c6ccccc6-c6cccc(-c7ccccc7)c6)cc5c5ccccc5c43)c2)cc1. The van der Waals surface area contributed by atoms with Crippen molar-refractivity contribution < 1.29 is 0 Å². The van der Waals surface area contributed by atoms with Gasteiger partial charge in [-0.1, -0.05) is 218 Å². The standard InChI is InChI=1S/C62H40/c1-3-17-41(18-4-1)43-21-15-23-45(37-43)49-25-7-9-27-51(49)47-33-35-57-59(39-47)53-29-11-13-31-55(53)62-58-36-34-48(40-60(58)54-30-12-14-32-56(54)61(57)62)52-28-10-8-26-50(52)46-24-16-22-44(38-46)42-19-5-2-6-20-42/h1-40H. The van der Waals surface area contributed by atoms with Gasteiger partial charge in [-0.05, 0) is 145 Å². The van der Waals surface area contributed by atoms with Crippen LogP contribution in [0.3, 0.4) is 0 Å². The molecule has 288 valence electrons. The van der Waals surface area contributed by atoms with Gasteiger partial charge in [-0.3, -0.25) is 0 Å². The van der Waals surface area contributed by atoms with Crippen LogP contribution in [0.5, 0.6) is 0 Å². The van der Waals surface area contributed by atoms with Gasteiger partial charge in [0.25, 0.3) is 0 Å². The molecule has 0 aliphatic rings. The van der Waals surface area contributed by atoms with Crippen LogP contribution in [0.2, 0.25) is 0 Å². The van der Waals surface area contributed by atoms with Crippen molar-refractivity contribution in [3.63, 3.8) is 0 Å². The Morgan fingerprint density at radius 1 is 0.145 bits per heavy atom. The van der Waals surface area contributed by atoms with Crippen molar-refractivity contribution in [1.29, 1.82) is 0 Å². The fraction of sp³-hybridized carbons (Fsp3) is 0. The number of hydrogen-bond donors (Lipinski definition) is 0. The second-order valence-electron chi connectivity index (χ2n) is 16.3. The van der Waals surface area contributed by atoms with Gasteiger partial charge in [0, 0.05) is 0 Å². The normalized spacial score (nSPS) is 11.5. The van der Waals surface area contributed by atoms with Crippen LogP contribution in [-0.4, -0.2) is 0 Å². The monoisotopic (exact) mass is 784 g/mol. The number of benzene rings is 12. The lowest BCUT2D eigenvalue weighted by Crippen LogP contribution is -1.91. The molecule has 0 amide bonds. The summed E-state index contributed by atoms with van der Waals surface area (Å²) >= 11 is 0. The lowest BCUT2D eigenvalue weighted by Gasteiger charge is -2.19. The summed E-state index contributed by atoms with van der Waals surface area (Å²) in [5.74, 6) is 0. The van der Waals surface area contributed by atoms with Gasteiger partial charge in [0.05, 0.1) is 0 Å². The fourth-order valence-corrected chi connectivity index (χ4v) is 9.97. The van der Waals surface area contributed by atoms with E-state index in [-0.39, 0.29) is 0 Å². The molecule has 0 saturated heterocycles. The Morgan fingerprint density at radius 3 is 0.839 bits per heavy atom. The van der Waals surface area contributed by atoms with Gasteiger partial charge in [-0.25, -0.2) is 0 Å². The zero-order valence-electron chi connectivity index (χ0n) is 34.1. The van der Waals surface area contributed by atoms with Crippen molar-refractivity contribution in [2.24, 2.45) is 0 Å². The number of hydrogen-bond acceptors (Lipinski definition) is 0. The average molecular weight is 785 g/mol. The Labute approximate surface area is 361 Å². The second-order valence-corrected chi connectivity index (χ2v) is 16.3. The van der Waals surface area contributed by atoms with Gasteiger partial charge >= 0.3 is 0 Å². The lowest BCUT2D eigenvalue weighted by atomic mass is 9.84. The van der Waals surface area contributed by atoms with Crippen LogP contribution in [-0.2, 0) is 0 Å². The minimum Gasteiger partial charge on any atom is -0.0622 e. The zero-order valence-corrected chi connectivity index (χ0v) is 34.1. The quantitative estimate of drug-likeness (QED) is 0.147. The highest BCUT2D eigenvalue weighted by Crippen LogP contribution is 2.47. The van der Waals surface area contributed by atoms with Gasteiger partial charge in [0.15, 0.2) is 0 Å². The highest BCUT2D eigenvalue weighted by Gasteiger charge is 2.19. The van der Waals surface area contributed by atoms with Crippen LogP contribution in [0.25, 0.3) is 121 Å². The lowest BCUT2D eigenvalue weighted by molar-refractivity contribution is 1.57. The van der Waals surface area contributed by atoms with E-state index in [0.717, 1.165) is 0 Å². The molecule has 0 spiro atoms. The number of fused-ring (bicyclic) bond motifs is 11. The van der Waals surface area contributed by atoms with E-state index >= 15 is 0 Å². The van der Waals surface area contributed by atoms with E-state index in [1.54, 1.807) is 0 Å². The fourth-order valence-electron chi connectivity index (χ4n) is 9.97. The molecule has 0 atom stereocenters. The molecule has 0 fully saturated rings. The van der Waals surface area contributed by atoms with Crippen molar-refractivity contribution in [2.75, 3.05) is 0 Å². The van der Waals surface area contributed by atoms with E-state index in [0.29, 0.717) is 0 Å². The van der Waals surface area contributed by atoms with Crippen LogP contribution in [0.1, 0.15) is 0 Å². The molecule has 0 aliphatic heterocycles. The Balaban J connectivity index is 1.05. The summed E-state index contributed by atoms with van der Waals surface area (Å²) in [6.45, 7) is 0. The van der Waals surface area contributed by atoms with E-state index in [4.69, 9.17) is 0 Å². The van der Waals surface area contributed by atoms with Crippen LogP contribution in [0.4, 0.5) is 0 Å². The van der Waals surface area contributed by atoms with E-state index in [2.05, 4.69) is 243 Å². The molecule has 0 radical (unpaired) electrons. The smallest absolute Gasteiger partial charge is 0.00139 e. The molecule has 0 heteroatoms. The molecule has 12 aromatic rings. The molecule has 0 heterocycles. The maximum atomic E-state index is 2.43. The predicted octanol–water partition coefficient (Wildman–Crippen LogP) is 17.5. The molecule has 0 aromatic heterocycles. The van der Waals surface area contributed by atoms with Crippen LogP contribution < -0.4 is 0 Å². The predicted molar refractivity (Wildman–Crippen MR) is 267 cm³/mol. The van der Waals surface area contributed by atoms with Crippen molar-refractivity contribution in [3.05, 3.63) is 243 Å². The Morgan fingerprint density at radius 2 is 0.435 bits per heavy atom. The summed E-state index contributed by atoms with van der Waals surface area (Å²) in [4.78, 5) is 0. The van der Waals surface area contributed by atoms with Crippen molar-refractivity contribution in [2.45, 2.75) is 0 Å². The van der Waals surface area contributed by atoms with E-state index in [1.807, 2.05) is 0 Å². The minimum atomic E-state index is 1.21. The maximum Gasteiger partial charge on any atom is -0.00139 e. The van der Waals surface area contributed by atoms with Crippen molar-refractivity contribution >= 4 is 53.9 Å². The summed E-state index contributed by atoms with van der Waals surface area (Å²) in [7, 11) is 0. The van der Waals surface area contributed by atoms with Crippen LogP contribution >= 0.6 is 0 Å². The first-order valence-corrected chi connectivity index (χ1v) is 21.5. The molecule has 0 N–H and O–H groups in total. The largest absolute Gasteiger partial charge is 0.0622 e. The Bertz CT molecular complexity index is 3430. The summed E-state index contributed by atoms with van der Waals surface area (Å²) in [6, 6.07) is 89.2. The summed E-state index contributed by atoms with van der Waals surface area (Å²) in [5.41, 5.74) is 14.7. The van der Waals surface area contributed by atoms with Crippen LogP contribution in [0, 0.1) is 0 Å². The highest BCUT2D eigenvalue weighted by molar-refractivity contribution is 6.39. The number of rotatable bonds is 6. The van der Waals surface area contributed by atoms with Gasteiger partial charge in [0.2, 0.25) is 0 Å². The first-order chi connectivity index (χ1) is 30.8. The van der Waals surface area contributed by atoms with Crippen molar-refractivity contribution in [3.8, 4) is 66.8 Å². The molecule has 0 bridgehead atoms. The molecule has 0 saturated carbocycles. The molecule has 62 heavy (non-hydrogen) atoms. The Hall–Kier alpha value is -8.06. The topological polar surface area (TPSA) is 0 Å². The van der Waals surface area contributed by atoms with Gasteiger partial charge in [-0.15, -0.1) is 0 Å². The molecule has 0 aliphatic carbocycles. The molecular formula is C62H40. The van der Waals surface area contributed by atoms with Gasteiger partial charge in [-0.2, -0.15) is 0 Å². The summed E-state index contributed by atoms with van der Waals surface area (Å²) in [6.07, 6.45) is 0. The molecule has 12 rings (SSSR count). The molecule has 0 nitrogen and oxygen atoms in total. The van der Waals surface area contributed by atoms with Gasteiger partial charge in [0.1, 0.15) is 0 Å². The summed E-state index contributed by atoms with van der Waals surface area (Å²) < 4.78 is 0. The summed E-state index contributed by atoms with van der Waals surface area (Å²) in [5, 5.41) is 12.8. The van der Waals surface area contributed by atoms with E-state index in [9.17, 15) is 0 Å². The highest BCUT2D eigenvalue weighted by atomic mass is 14.2. The minimum absolute atomic E-state index is 1.21. The second kappa shape index (κ2) is 14.9. The zero-order chi connectivity index (χ0) is 41.0. The van der Waals surface area contributed by atoms with Crippen LogP contribution in [0.15, 0.2) is 243 Å². The molecule has 0 unspecified atom stereocenters. The third-order valence-corrected chi connectivity index (χ3v) is 12.8. The molecule has 12 aromatic carbocycles. The van der Waals surface area contributed by atoms with E-state index in [1.165, 1.54) is 121 Å². The third-order valence-electron chi connectivity index (χ3n) is 12.8. The average Bonchev–Trinajstić information content (AvgIpc) is 3.36. The third kappa shape index (κ3) is 5.99. The van der Waals surface area contributed by atoms with Crippen molar-refractivity contribution in [1.82, 2.24) is 0 Å². The first-order valence-electron chi connectivity index (χ1n) is 21.5. The van der Waals surface area contributed by atoms with Gasteiger partial charge < -0.3 is 0 Å². The molecular weight excluding hydrogens is 745 g/mol. The van der Waals surface area contributed by atoms with E-state index < -0.39 is 0 Å². The maximum absolute atomic E-state index is 2.43. The Kier molecular flexibility index (Phi) is 8.61.